The number of carbonyl (C=O) groups excluding carboxylic acids is 1. The number of anilines is 2. The lowest BCUT2D eigenvalue weighted by molar-refractivity contribution is -0.115. The number of benzene rings is 2. The van der Waals surface area contributed by atoms with Crippen molar-refractivity contribution in [2.45, 2.75) is 11.3 Å². The van der Waals surface area contributed by atoms with E-state index in [1.54, 1.807) is 30.5 Å². The summed E-state index contributed by atoms with van der Waals surface area (Å²) in [5.74, 6) is -0.166. The molecular weight excluding hydrogens is 350 g/mol. The number of nitrogens with one attached hydrogen (secondary N) is 2. The van der Waals surface area contributed by atoms with Gasteiger partial charge in [0, 0.05) is 11.9 Å². The van der Waals surface area contributed by atoms with E-state index in [2.05, 4.69) is 15.0 Å². The molecule has 0 aliphatic heterocycles. The van der Waals surface area contributed by atoms with Crippen LogP contribution in [0, 0.1) is 0 Å². The van der Waals surface area contributed by atoms with Crippen LogP contribution in [0.5, 0.6) is 0 Å². The molecule has 0 aliphatic carbocycles. The van der Waals surface area contributed by atoms with Crippen molar-refractivity contribution in [3.63, 3.8) is 0 Å². The fraction of sp³-hybridized carbons (Fsp3) is 0.0526. The number of nitrogens with zero attached hydrogens (tertiary/aromatic N) is 1. The molecule has 3 aromatic rings. The lowest BCUT2D eigenvalue weighted by Crippen LogP contribution is -2.15. The molecular formula is C19H17N3O3S. The highest BCUT2D eigenvalue weighted by Gasteiger charge is 2.14. The molecule has 7 heteroatoms. The summed E-state index contributed by atoms with van der Waals surface area (Å²) >= 11 is 0. The number of rotatable bonds is 6. The standard InChI is InChI=1S/C19H17N3O3S/c23-19(13-15-5-2-1-3-6-15)21-16-8-10-18(11-9-16)26(24,25)22-17-7-4-12-20-14-17/h1-12,14,22H,13H2,(H,21,23). The average molecular weight is 367 g/mol. The van der Waals surface area contributed by atoms with Gasteiger partial charge < -0.3 is 5.32 Å². The molecule has 2 N–H and O–H groups in total. The molecule has 0 atom stereocenters. The van der Waals surface area contributed by atoms with Crippen LogP contribution < -0.4 is 10.0 Å². The van der Waals surface area contributed by atoms with Gasteiger partial charge in [0.2, 0.25) is 5.91 Å². The second-order valence-electron chi connectivity index (χ2n) is 5.58. The van der Waals surface area contributed by atoms with Gasteiger partial charge in [-0.3, -0.25) is 14.5 Å². The Labute approximate surface area is 152 Å². The van der Waals surface area contributed by atoms with Crippen LogP contribution in [0.1, 0.15) is 5.56 Å². The first-order valence-corrected chi connectivity index (χ1v) is 9.38. The molecule has 0 aliphatic rings. The minimum Gasteiger partial charge on any atom is -0.326 e. The molecule has 0 saturated carbocycles. The van der Waals surface area contributed by atoms with Gasteiger partial charge in [-0.25, -0.2) is 8.42 Å². The van der Waals surface area contributed by atoms with Crippen molar-refractivity contribution in [1.82, 2.24) is 4.98 Å². The first-order chi connectivity index (χ1) is 12.5. The van der Waals surface area contributed by atoms with Gasteiger partial charge in [0.1, 0.15) is 0 Å². The fourth-order valence-corrected chi connectivity index (χ4v) is 3.38. The summed E-state index contributed by atoms with van der Waals surface area (Å²) in [6, 6.07) is 18.6. The van der Waals surface area contributed by atoms with Gasteiger partial charge in [-0.2, -0.15) is 0 Å². The topological polar surface area (TPSA) is 88.2 Å². The van der Waals surface area contributed by atoms with E-state index in [-0.39, 0.29) is 17.2 Å². The van der Waals surface area contributed by atoms with Gasteiger partial charge in [-0.05, 0) is 42.0 Å². The lowest BCUT2D eigenvalue weighted by atomic mass is 10.1. The Kier molecular flexibility index (Phi) is 5.28. The van der Waals surface area contributed by atoms with Crippen molar-refractivity contribution >= 4 is 27.3 Å². The first-order valence-electron chi connectivity index (χ1n) is 7.90. The third-order valence-electron chi connectivity index (χ3n) is 3.57. The van der Waals surface area contributed by atoms with Gasteiger partial charge in [0.25, 0.3) is 10.0 Å². The molecule has 2 aromatic carbocycles. The largest absolute Gasteiger partial charge is 0.326 e. The third kappa shape index (κ3) is 4.67. The number of carbonyl (C=O) groups is 1. The zero-order valence-corrected chi connectivity index (χ0v) is 14.6. The van der Waals surface area contributed by atoms with Crippen LogP contribution in [0.25, 0.3) is 0 Å². The van der Waals surface area contributed by atoms with E-state index in [0.29, 0.717) is 11.4 Å². The third-order valence-corrected chi connectivity index (χ3v) is 4.97. The molecule has 3 rings (SSSR count). The summed E-state index contributed by atoms with van der Waals surface area (Å²) in [6.07, 6.45) is 3.24. The number of pyridine rings is 1. The van der Waals surface area contributed by atoms with Gasteiger partial charge in [-0.1, -0.05) is 30.3 Å². The molecule has 0 unspecified atom stereocenters. The lowest BCUT2D eigenvalue weighted by Gasteiger charge is -2.09. The van der Waals surface area contributed by atoms with E-state index in [9.17, 15) is 13.2 Å². The monoisotopic (exact) mass is 367 g/mol. The maximum absolute atomic E-state index is 12.4. The van der Waals surface area contributed by atoms with E-state index in [0.717, 1.165) is 5.56 Å². The molecule has 26 heavy (non-hydrogen) atoms. The Morgan fingerprint density at radius 1 is 0.885 bits per heavy atom. The normalized spacial score (nSPS) is 10.9. The summed E-state index contributed by atoms with van der Waals surface area (Å²) in [5.41, 5.74) is 1.82. The summed E-state index contributed by atoms with van der Waals surface area (Å²) in [4.78, 5) is 16.0. The molecule has 0 spiro atoms. The molecule has 0 radical (unpaired) electrons. The van der Waals surface area contributed by atoms with Crippen molar-refractivity contribution in [2.75, 3.05) is 10.0 Å². The van der Waals surface area contributed by atoms with Crippen molar-refractivity contribution in [3.8, 4) is 0 Å². The summed E-state index contributed by atoms with van der Waals surface area (Å²) in [6.45, 7) is 0. The molecule has 0 fully saturated rings. The number of sulfonamides is 1. The van der Waals surface area contributed by atoms with Crippen molar-refractivity contribution < 1.29 is 13.2 Å². The number of hydrogen-bond donors (Lipinski definition) is 2. The highest BCUT2D eigenvalue weighted by atomic mass is 32.2. The molecule has 1 heterocycles. The Balaban J connectivity index is 1.65. The fourth-order valence-electron chi connectivity index (χ4n) is 2.34. The predicted octanol–water partition coefficient (Wildman–Crippen LogP) is 3.06. The van der Waals surface area contributed by atoms with Gasteiger partial charge in [0.05, 0.1) is 23.2 Å². The average Bonchev–Trinajstić information content (AvgIpc) is 2.63. The molecule has 0 saturated heterocycles. The van der Waals surface area contributed by atoms with Crippen LogP contribution >= 0.6 is 0 Å². The smallest absolute Gasteiger partial charge is 0.261 e. The van der Waals surface area contributed by atoms with E-state index >= 15 is 0 Å². The Hall–Kier alpha value is -3.19. The van der Waals surface area contributed by atoms with Crippen LogP contribution in [0.3, 0.4) is 0 Å². The molecule has 0 bridgehead atoms. The quantitative estimate of drug-likeness (QED) is 0.701. The molecule has 6 nitrogen and oxygen atoms in total. The summed E-state index contributed by atoms with van der Waals surface area (Å²) in [7, 11) is -3.71. The molecule has 1 aromatic heterocycles. The van der Waals surface area contributed by atoms with E-state index in [1.165, 1.54) is 18.3 Å². The second-order valence-corrected chi connectivity index (χ2v) is 7.26. The Morgan fingerprint density at radius 3 is 2.27 bits per heavy atom. The van der Waals surface area contributed by atoms with Crippen LogP contribution in [0.4, 0.5) is 11.4 Å². The predicted molar refractivity (Wildman–Crippen MR) is 100 cm³/mol. The maximum atomic E-state index is 12.4. The molecule has 1 amide bonds. The zero-order valence-electron chi connectivity index (χ0n) is 13.8. The SMILES string of the molecule is O=C(Cc1ccccc1)Nc1ccc(S(=O)(=O)Nc2cccnc2)cc1. The minimum absolute atomic E-state index is 0.0995. The minimum atomic E-state index is -3.71. The van der Waals surface area contributed by atoms with E-state index in [1.807, 2.05) is 30.3 Å². The zero-order chi connectivity index (χ0) is 18.4. The van der Waals surface area contributed by atoms with Crippen LogP contribution in [0.2, 0.25) is 0 Å². The van der Waals surface area contributed by atoms with Crippen molar-refractivity contribution in [3.05, 3.63) is 84.7 Å². The highest BCUT2D eigenvalue weighted by molar-refractivity contribution is 7.92. The van der Waals surface area contributed by atoms with Crippen LogP contribution in [0.15, 0.2) is 84.0 Å². The van der Waals surface area contributed by atoms with Gasteiger partial charge in [-0.15, -0.1) is 0 Å². The van der Waals surface area contributed by atoms with Crippen molar-refractivity contribution in [2.24, 2.45) is 0 Å². The summed E-state index contributed by atoms with van der Waals surface area (Å²) < 4.78 is 27.1. The van der Waals surface area contributed by atoms with Crippen LogP contribution in [-0.4, -0.2) is 19.3 Å². The number of amides is 1. The first kappa shape index (κ1) is 17.6. The van der Waals surface area contributed by atoms with Crippen LogP contribution in [-0.2, 0) is 21.2 Å². The van der Waals surface area contributed by atoms with Gasteiger partial charge >= 0.3 is 0 Å². The highest BCUT2D eigenvalue weighted by Crippen LogP contribution is 2.18. The van der Waals surface area contributed by atoms with Crippen molar-refractivity contribution in [1.29, 1.82) is 0 Å². The molecule has 132 valence electrons. The Bertz CT molecular complexity index is 974. The Morgan fingerprint density at radius 2 is 1.62 bits per heavy atom. The second kappa shape index (κ2) is 7.79. The number of aromatic nitrogens is 1. The van der Waals surface area contributed by atoms with E-state index in [4.69, 9.17) is 0 Å². The number of hydrogen-bond acceptors (Lipinski definition) is 4. The maximum Gasteiger partial charge on any atom is 0.261 e. The van der Waals surface area contributed by atoms with E-state index < -0.39 is 10.0 Å². The van der Waals surface area contributed by atoms with Gasteiger partial charge in [0.15, 0.2) is 0 Å². The summed E-state index contributed by atoms with van der Waals surface area (Å²) in [5, 5.41) is 2.75.